The zero-order valence-corrected chi connectivity index (χ0v) is 15.7. The summed E-state index contributed by atoms with van der Waals surface area (Å²) in [5, 5.41) is 3.36. The third kappa shape index (κ3) is 3.49. The Balaban J connectivity index is 1.58. The van der Waals surface area contributed by atoms with Gasteiger partial charge in [-0.25, -0.2) is 9.37 Å². The standard InChI is InChI=1S/C21H25FN4O/c1-13-8-18(25-20(9-13)26-7-6-15(23)12-26)17-10-14(11-24-17)21-16(22)4-3-5-19(21)27-2/h3-5,8-9,11,15,17,24H,6-7,10,12,23H2,1-2H3. The Labute approximate surface area is 159 Å². The molecule has 0 radical (unpaired) electrons. The largest absolute Gasteiger partial charge is 0.496 e. The summed E-state index contributed by atoms with van der Waals surface area (Å²) in [6, 6.07) is 9.32. The van der Waals surface area contributed by atoms with Gasteiger partial charge in [-0.1, -0.05) is 6.07 Å². The number of aryl methyl sites for hydroxylation is 1. The highest BCUT2D eigenvalue weighted by Gasteiger charge is 2.26. The molecule has 6 heteroatoms. The second kappa shape index (κ2) is 7.19. The van der Waals surface area contributed by atoms with Crippen molar-refractivity contribution < 1.29 is 9.13 Å². The third-order valence-corrected chi connectivity index (χ3v) is 5.28. The molecule has 1 aromatic carbocycles. The first kappa shape index (κ1) is 17.8. The molecule has 1 saturated heterocycles. The van der Waals surface area contributed by atoms with Crippen molar-refractivity contribution in [3.05, 3.63) is 59.2 Å². The average molecular weight is 368 g/mol. The lowest BCUT2D eigenvalue weighted by Gasteiger charge is -2.20. The van der Waals surface area contributed by atoms with Gasteiger partial charge in [-0.2, -0.15) is 0 Å². The Hall–Kier alpha value is -2.60. The van der Waals surface area contributed by atoms with Gasteiger partial charge in [0.15, 0.2) is 0 Å². The second-order valence-electron chi connectivity index (χ2n) is 7.33. The van der Waals surface area contributed by atoms with Gasteiger partial charge in [0.1, 0.15) is 17.4 Å². The average Bonchev–Trinajstić information content (AvgIpc) is 3.30. The summed E-state index contributed by atoms with van der Waals surface area (Å²) in [6.45, 7) is 3.85. The molecule has 2 aliphatic rings. The molecule has 2 atom stereocenters. The molecular formula is C21H25FN4O. The van der Waals surface area contributed by atoms with Crippen LogP contribution in [0.4, 0.5) is 10.2 Å². The molecule has 0 aliphatic carbocycles. The van der Waals surface area contributed by atoms with Gasteiger partial charge in [-0.05, 0) is 48.7 Å². The van der Waals surface area contributed by atoms with E-state index in [-0.39, 0.29) is 17.9 Å². The number of hydrogen-bond donors (Lipinski definition) is 2. The molecule has 3 heterocycles. The molecule has 0 bridgehead atoms. The van der Waals surface area contributed by atoms with Gasteiger partial charge < -0.3 is 20.7 Å². The minimum Gasteiger partial charge on any atom is -0.496 e. The summed E-state index contributed by atoms with van der Waals surface area (Å²) in [5.41, 5.74) is 9.59. The van der Waals surface area contributed by atoms with Crippen molar-refractivity contribution >= 4 is 11.4 Å². The highest BCUT2D eigenvalue weighted by Crippen LogP contribution is 2.38. The summed E-state index contributed by atoms with van der Waals surface area (Å²) in [6.07, 6.45) is 3.53. The van der Waals surface area contributed by atoms with Gasteiger partial charge >= 0.3 is 0 Å². The van der Waals surface area contributed by atoms with Crippen LogP contribution >= 0.6 is 0 Å². The van der Waals surface area contributed by atoms with E-state index in [2.05, 4.69) is 29.3 Å². The fourth-order valence-corrected chi connectivity index (χ4v) is 3.90. The van der Waals surface area contributed by atoms with Crippen LogP contribution in [0.3, 0.4) is 0 Å². The van der Waals surface area contributed by atoms with Crippen LogP contribution in [0.25, 0.3) is 5.57 Å². The van der Waals surface area contributed by atoms with Crippen LogP contribution < -0.4 is 20.7 Å². The lowest BCUT2D eigenvalue weighted by Crippen LogP contribution is -2.27. The van der Waals surface area contributed by atoms with Crippen molar-refractivity contribution in [3.63, 3.8) is 0 Å². The maximum Gasteiger partial charge on any atom is 0.134 e. The highest BCUT2D eigenvalue weighted by atomic mass is 19.1. The Morgan fingerprint density at radius 1 is 1.33 bits per heavy atom. The number of methoxy groups -OCH3 is 1. The summed E-state index contributed by atoms with van der Waals surface area (Å²) < 4.78 is 19.8. The minimum absolute atomic E-state index is 0.0132. The molecule has 5 nitrogen and oxygen atoms in total. The molecule has 1 aromatic heterocycles. The van der Waals surface area contributed by atoms with Crippen molar-refractivity contribution in [2.75, 3.05) is 25.1 Å². The summed E-state index contributed by atoms with van der Waals surface area (Å²) in [5.74, 6) is 1.25. The highest BCUT2D eigenvalue weighted by molar-refractivity contribution is 5.73. The Morgan fingerprint density at radius 3 is 2.93 bits per heavy atom. The zero-order valence-electron chi connectivity index (χ0n) is 15.7. The molecule has 2 unspecified atom stereocenters. The Morgan fingerprint density at radius 2 is 2.19 bits per heavy atom. The van der Waals surface area contributed by atoms with Crippen LogP contribution in [0.15, 0.2) is 36.5 Å². The third-order valence-electron chi connectivity index (χ3n) is 5.28. The Kier molecular flexibility index (Phi) is 4.74. The van der Waals surface area contributed by atoms with Crippen LogP contribution in [0.1, 0.15) is 35.7 Å². The molecule has 0 spiro atoms. The second-order valence-corrected chi connectivity index (χ2v) is 7.33. The molecule has 2 aliphatic heterocycles. The van der Waals surface area contributed by atoms with Gasteiger partial charge in [0.25, 0.3) is 0 Å². The number of nitrogens with two attached hydrogens (primary N) is 1. The van der Waals surface area contributed by atoms with E-state index in [1.165, 1.54) is 6.07 Å². The molecule has 0 saturated carbocycles. The molecule has 27 heavy (non-hydrogen) atoms. The number of anilines is 1. The van der Waals surface area contributed by atoms with Gasteiger partial charge in [-0.15, -0.1) is 0 Å². The first-order valence-corrected chi connectivity index (χ1v) is 9.32. The number of nitrogens with one attached hydrogen (secondary N) is 1. The predicted molar refractivity (Wildman–Crippen MR) is 105 cm³/mol. The molecular weight excluding hydrogens is 343 g/mol. The normalized spacial score (nSPS) is 21.9. The van der Waals surface area contributed by atoms with Crippen LogP contribution in [-0.4, -0.2) is 31.2 Å². The molecule has 0 amide bonds. The lowest BCUT2D eigenvalue weighted by atomic mass is 9.99. The number of pyridine rings is 1. The first-order chi connectivity index (χ1) is 13.0. The number of benzene rings is 1. The van der Waals surface area contributed by atoms with Crippen molar-refractivity contribution in [3.8, 4) is 5.75 Å². The maximum atomic E-state index is 14.4. The van der Waals surface area contributed by atoms with Crippen LogP contribution in [0.2, 0.25) is 0 Å². The first-order valence-electron chi connectivity index (χ1n) is 9.32. The van der Waals surface area contributed by atoms with E-state index >= 15 is 0 Å². The van der Waals surface area contributed by atoms with Crippen molar-refractivity contribution in [2.24, 2.45) is 5.73 Å². The predicted octanol–water partition coefficient (Wildman–Crippen LogP) is 3.15. The van der Waals surface area contributed by atoms with Crippen molar-refractivity contribution in [1.29, 1.82) is 0 Å². The quantitative estimate of drug-likeness (QED) is 0.868. The number of aromatic nitrogens is 1. The smallest absolute Gasteiger partial charge is 0.134 e. The van der Waals surface area contributed by atoms with Crippen LogP contribution in [0, 0.1) is 12.7 Å². The van der Waals surface area contributed by atoms with Gasteiger partial charge in [-0.3, -0.25) is 0 Å². The van der Waals surface area contributed by atoms with Gasteiger partial charge in [0.05, 0.1) is 24.4 Å². The Bertz CT molecular complexity index is 882. The maximum absolute atomic E-state index is 14.4. The minimum atomic E-state index is -0.271. The number of halogens is 1. The topological polar surface area (TPSA) is 63.4 Å². The van der Waals surface area contributed by atoms with Gasteiger partial charge in [0.2, 0.25) is 0 Å². The van der Waals surface area contributed by atoms with Crippen molar-refractivity contribution in [1.82, 2.24) is 10.3 Å². The number of nitrogens with zero attached hydrogens (tertiary/aromatic N) is 2. The van der Waals surface area contributed by atoms with Crippen LogP contribution in [0.5, 0.6) is 5.75 Å². The zero-order chi connectivity index (χ0) is 19.0. The molecule has 2 aromatic rings. The van der Waals surface area contributed by atoms with Gasteiger partial charge in [0, 0.05) is 31.8 Å². The van der Waals surface area contributed by atoms with E-state index in [9.17, 15) is 4.39 Å². The monoisotopic (exact) mass is 368 g/mol. The number of hydrogen-bond acceptors (Lipinski definition) is 5. The van der Waals surface area contributed by atoms with E-state index in [0.29, 0.717) is 17.7 Å². The van der Waals surface area contributed by atoms with E-state index in [1.807, 2.05) is 6.20 Å². The molecule has 4 rings (SSSR count). The summed E-state index contributed by atoms with van der Waals surface area (Å²) in [4.78, 5) is 7.12. The van der Waals surface area contributed by atoms with E-state index in [1.54, 1.807) is 19.2 Å². The number of rotatable bonds is 4. The fraction of sp³-hybridized carbons (Fsp3) is 0.381. The van der Waals surface area contributed by atoms with Crippen molar-refractivity contribution in [2.45, 2.75) is 31.8 Å². The summed E-state index contributed by atoms with van der Waals surface area (Å²) >= 11 is 0. The van der Waals surface area contributed by atoms with E-state index in [4.69, 9.17) is 15.5 Å². The van der Waals surface area contributed by atoms with Crippen LogP contribution in [-0.2, 0) is 0 Å². The van der Waals surface area contributed by atoms with E-state index in [0.717, 1.165) is 42.2 Å². The van der Waals surface area contributed by atoms with E-state index < -0.39 is 0 Å². The fourth-order valence-electron chi connectivity index (χ4n) is 3.90. The molecule has 3 N–H and O–H groups in total. The lowest BCUT2D eigenvalue weighted by molar-refractivity contribution is 0.409. The number of ether oxygens (including phenoxy) is 1. The molecule has 142 valence electrons. The molecule has 1 fully saturated rings. The summed E-state index contributed by atoms with van der Waals surface area (Å²) in [7, 11) is 1.56. The SMILES string of the molecule is COc1cccc(F)c1C1=CNC(c2cc(C)cc(N3CCC(N)C3)n2)C1.